The summed E-state index contributed by atoms with van der Waals surface area (Å²) >= 11 is 0. The predicted octanol–water partition coefficient (Wildman–Crippen LogP) is 6.23. The molecule has 0 saturated heterocycles. The molecule has 10 heteroatoms. The fourth-order valence-corrected chi connectivity index (χ4v) is 4.29. The molecule has 0 aliphatic rings. The molecule has 2 amide bonds. The molecule has 0 unspecified atom stereocenters. The second-order valence-corrected chi connectivity index (χ2v) is 8.58. The third kappa shape index (κ3) is 6.22. The first-order valence-electron chi connectivity index (χ1n) is 11.9. The van der Waals surface area contributed by atoms with Gasteiger partial charge in [0.05, 0.1) is 20.3 Å². The number of carbonyl (C=O) groups is 1. The molecule has 3 aromatic rings. The van der Waals surface area contributed by atoms with Crippen molar-refractivity contribution in [2.24, 2.45) is 0 Å². The number of nitrogens with zero attached hydrogens (tertiary/aromatic N) is 3. The van der Waals surface area contributed by atoms with E-state index in [4.69, 9.17) is 9.47 Å². The van der Waals surface area contributed by atoms with Crippen LogP contribution in [0.5, 0.6) is 11.5 Å². The van der Waals surface area contributed by atoms with Crippen molar-refractivity contribution in [3.05, 3.63) is 48.4 Å². The summed E-state index contributed by atoms with van der Waals surface area (Å²) in [6, 6.07) is 6.14. The van der Waals surface area contributed by atoms with Crippen molar-refractivity contribution >= 4 is 11.7 Å². The van der Waals surface area contributed by atoms with Crippen LogP contribution in [-0.2, 0) is 0 Å². The highest BCUT2D eigenvalue weighted by Crippen LogP contribution is 2.40. The van der Waals surface area contributed by atoms with Crippen LogP contribution in [0.2, 0.25) is 0 Å². The molecular formula is C26H33F3N4O3. The van der Waals surface area contributed by atoms with Crippen molar-refractivity contribution in [3.8, 4) is 22.6 Å². The molecule has 2 aromatic heterocycles. The van der Waals surface area contributed by atoms with Crippen molar-refractivity contribution < 1.29 is 27.4 Å². The first-order valence-corrected chi connectivity index (χ1v) is 11.9. The number of ether oxygens (including phenoxy) is 2. The molecule has 0 radical (unpaired) electrons. The number of hydrogen-bond acceptors (Lipinski definition) is 4. The van der Waals surface area contributed by atoms with Gasteiger partial charge in [-0.1, -0.05) is 6.92 Å². The second-order valence-electron chi connectivity index (χ2n) is 8.58. The number of carbonyl (C=O) groups excluding carboxylic acids is 1. The third-order valence-corrected chi connectivity index (χ3v) is 6.37. The van der Waals surface area contributed by atoms with Crippen LogP contribution in [0.15, 0.2) is 42.9 Å². The lowest BCUT2D eigenvalue weighted by Gasteiger charge is -2.32. The van der Waals surface area contributed by atoms with Gasteiger partial charge >= 0.3 is 12.2 Å². The number of pyridine rings is 1. The summed E-state index contributed by atoms with van der Waals surface area (Å²) < 4.78 is 51.3. The monoisotopic (exact) mass is 506 g/mol. The van der Waals surface area contributed by atoms with Crippen molar-refractivity contribution in [1.82, 2.24) is 19.6 Å². The summed E-state index contributed by atoms with van der Waals surface area (Å²) in [5.41, 5.74) is 3.26. The maximum absolute atomic E-state index is 13.1. The Morgan fingerprint density at radius 1 is 1.17 bits per heavy atom. The maximum atomic E-state index is 13.1. The SMILES string of the molecule is CC[C@H](CCC(F)(F)F)NC(=O)N(CC)[C@H](C)c1cc(-c2ccc3nccn3c2)c(OC)cc1OC. The van der Waals surface area contributed by atoms with Crippen molar-refractivity contribution in [1.29, 1.82) is 0 Å². The number of methoxy groups -OCH3 is 2. The van der Waals surface area contributed by atoms with Gasteiger partial charge in [-0.3, -0.25) is 0 Å². The lowest BCUT2D eigenvalue weighted by Crippen LogP contribution is -2.46. The maximum Gasteiger partial charge on any atom is 0.389 e. The van der Waals surface area contributed by atoms with Crippen LogP contribution in [0.3, 0.4) is 0 Å². The molecule has 0 aliphatic carbocycles. The fourth-order valence-electron chi connectivity index (χ4n) is 4.29. The molecule has 0 saturated carbocycles. The van der Waals surface area contributed by atoms with E-state index in [-0.39, 0.29) is 6.42 Å². The average Bonchev–Trinajstić information content (AvgIpc) is 3.33. The van der Waals surface area contributed by atoms with Gasteiger partial charge in [0.15, 0.2) is 0 Å². The highest BCUT2D eigenvalue weighted by atomic mass is 19.4. The smallest absolute Gasteiger partial charge is 0.389 e. The van der Waals surface area contributed by atoms with Crippen LogP contribution < -0.4 is 14.8 Å². The zero-order valence-corrected chi connectivity index (χ0v) is 21.2. The van der Waals surface area contributed by atoms with Crippen LogP contribution in [0.25, 0.3) is 16.8 Å². The normalized spacial score (nSPS) is 13.3. The Morgan fingerprint density at radius 2 is 1.89 bits per heavy atom. The summed E-state index contributed by atoms with van der Waals surface area (Å²) in [6.07, 6.45) is 0.550. The van der Waals surface area contributed by atoms with E-state index in [0.717, 1.165) is 22.3 Å². The number of nitrogens with one attached hydrogen (secondary N) is 1. The van der Waals surface area contributed by atoms with Gasteiger partial charge in [-0.15, -0.1) is 0 Å². The average molecular weight is 507 g/mol. The highest BCUT2D eigenvalue weighted by Gasteiger charge is 2.30. The fraction of sp³-hybridized carbons (Fsp3) is 0.462. The van der Waals surface area contributed by atoms with E-state index in [1.165, 1.54) is 0 Å². The number of hydrogen-bond donors (Lipinski definition) is 1. The summed E-state index contributed by atoms with van der Waals surface area (Å²) in [7, 11) is 3.12. The minimum absolute atomic E-state index is 0.162. The van der Waals surface area contributed by atoms with E-state index in [9.17, 15) is 18.0 Å². The molecule has 196 valence electrons. The highest BCUT2D eigenvalue weighted by molar-refractivity contribution is 5.77. The van der Waals surface area contributed by atoms with Gasteiger partial charge in [0.25, 0.3) is 0 Å². The van der Waals surface area contributed by atoms with Crippen LogP contribution >= 0.6 is 0 Å². The van der Waals surface area contributed by atoms with Crippen molar-refractivity contribution in [3.63, 3.8) is 0 Å². The topological polar surface area (TPSA) is 68.1 Å². The Morgan fingerprint density at radius 3 is 2.50 bits per heavy atom. The Kier molecular flexibility index (Phi) is 8.70. The second kappa shape index (κ2) is 11.5. The summed E-state index contributed by atoms with van der Waals surface area (Å²) in [5.74, 6) is 1.15. The van der Waals surface area contributed by atoms with E-state index in [0.29, 0.717) is 24.5 Å². The van der Waals surface area contributed by atoms with Gasteiger partial charge in [0.2, 0.25) is 0 Å². The first-order chi connectivity index (χ1) is 17.1. The predicted molar refractivity (Wildman–Crippen MR) is 132 cm³/mol. The number of aromatic nitrogens is 2. The summed E-state index contributed by atoms with van der Waals surface area (Å²) in [5, 5.41) is 2.78. The van der Waals surface area contributed by atoms with Crippen LogP contribution in [0.1, 0.15) is 51.6 Å². The van der Waals surface area contributed by atoms with Crippen molar-refractivity contribution in [2.45, 2.75) is 58.3 Å². The molecule has 36 heavy (non-hydrogen) atoms. The van der Waals surface area contributed by atoms with Crippen molar-refractivity contribution in [2.75, 3.05) is 20.8 Å². The molecule has 0 bridgehead atoms. The number of fused-ring (bicyclic) bond motifs is 1. The summed E-state index contributed by atoms with van der Waals surface area (Å²) in [4.78, 5) is 19.0. The molecule has 1 aromatic carbocycles. The van der Waals surface area contributed by atoms with E-state index < -0.39 is 30.7 Å². The Bertz CT molecular complexity index is 1180. The van der Waals surface area contributed by atoms with Gasteiger partial charge in [0.1, 0.15) is 17.1 Å². The Hall–Kier alpha value is -3.43. The van der Waals surface area contributed by atoms with Gasteiger partial charge in [-0.2, -0.15) is 13.2 Å². The quantitative estimate of drug-likeness (QED) is 0.354. The minimum Gasteiger partial charge on any atom is -0.496 e. The number of urea groups is 1. The molecule has 7 nitrogen and oxygen atoms in total. The number of rotatable bonds is 10. The van der Waals surface area contributed by atoms with Gasteiger partial charge in [0, 0.05) is 60.4 Å². The van der Waals surface area contributed by atoms with Crippen LogP contribution in [0.4, 0.5) is 18.0 Å². The zero-order chi connectivity index (χ0) is 26.5. The first kappa shape index (κ1) is 27.2. The van der Waals surface area contributed by atoms with E-state index in [1.54, 1.807) is 38.3 Å². The van der Waals surface area contributed by atoms with Gasteiger partial charge in [-0.25, -0.2) is 9.78 Å². The summed E-state index contributed by atoms with van der Waals surface area (Å²) in [6.45, 7) is 5.81. The number of benzene rings is 1. The molecular weight excluding hydrogens is 473 g/mol. The molecule has 2 heterocycles. The zero-order valence-electron chi connectivity index (χ0n) is 21.2. The molecule has 2 atom stereocenters. The van der Waals surface area contributed by atoms with E-state index >= 15 is 0 Å². The molecule has 0 spiro atoms. The number of amides is 2. The lowest BCUT2D eigenvalue weighted by molar-refractivity contribution is -0.136. The molecule has 0 aliphatic heterocycles. The minimum atomic E-state index is -4.26. The van der Waals surface area contributed by atoms with Crippen LogP contribution in [-0.4, -0.2) is 53.3 Å². The Labute approximate surface area is 209 Å². The molecule has 3 rings (SSSR count). The molecule has 0 fully saturated rings. The van der Waals surface area contributed by atoms with Gasteiger partial charge in [-0.05, 0) is 44.9 Å². The lowest BCUT2D eigenvalue weighted by atomic mass is 9.98. The van der Waals surface area contributed by atoms with Gasteiger partial charge < -0.3 is 24.1 Å². The number of alkyl halides is 3. The molecule has 1 N–H and O–H groups in total. The number of halogens is 3. The third-order valence-electron chi connectivity index (χ3n) is 6.37. The number of imidazole rings is 1. The Balaban J connectivity index is 1.93. The standard InChI is InChI=1S/C26H33F3N4O3/c1-6-19(10-11-26(27,28)29)31-25(34)33(7-2)17(3)20-14-21(23(36-5)15-22(20)35-4)18-8-9-24-30-12-13-32(24)16-18/h8-9,12-17,19H,6-7,10-11H2,1-5H3,(H,31,34)/t17-,19-/m1/s1. The van der Waals surface area contributed by atoms with E-state index in [2.05, 4.69) is 10.3 Å². The van der Waals surface area contributed by atoms with E-state index in [1.807, 2.05) is 48.8 Å². The van der Waals surface area contributed by atoms with Crippen LogP contribution in [0, 0.1) is 0 Å². The largest absolute Gasteiger partial charge is 0.496 e.